The molecular formula is C23H19N7O4. The molecule has 0 bridgehead atoms. The van der Waals surface area contributed by atoms with Crippen LogP contribution < -0.4 is 11.1 Å². The molecule has 0 aliphatic carbocycles. The van der Waals surface area contributed by atoms with E-state index in [9.17, 15) is 14.4 Å². The number of nitrogens with two attached hydrogens (primary N) is 1. The van der Waals surface area contributed by atoms with Gasteiger partial charge in [-0.05, 0) is 6.92 Å². The zero-order valence-electron chi connectivity index (χ0n) is 18.0. The maximum atomic E-state index is 12.3. The number of esters is 1. The molecule has 2 aromatic heterocycles. The summed E-state index contributed by atoms with van der Waals surface area (Å²) >= 11 is 0. The standard InChI is InChI=1S/C23H19N7O4/c1-2-34-22(33)21(32)27-20-16(19(24)31)13-25-30(20)23-26-17(14-9-5-3-6-10-14)18(28-29-23)15-11-7-4-8-12-15/h3-13H,2H2,1H3,(H2,24,31)(H,27,32). The number of nitrogens with one attached hydrogen (secondary N) is 1. The SMILES string of the molecule is CCOC(=O)C(=O)Nc1c(C(N)=O)cnn1-c1nnc(-c2ccccc2)c(-c2ccccc2)n1. The van der Waals surface area contributed by atoms with Gasteiger partial charge in [0.05, 0.1) is 12.8 Å². The Morgan fingerprint density at radius 3 is 2.15 bits per heavy atom. The van der Waals surface area contributed by atoms with Crippen molar-refractivity contribution < 1.29 is 19.1 Å². The normalized spacial score (nSPS) is 10.5. The van der Waals surface area contributed by atoms with E-state index in [1.54, 1.807) is 6.92 Å². The maximum absolute atomic E-state index is 12.3. The Balaban J connectivity index is 1.85. The summed E-state index contributed by atoms with van der Waals surface area (Å²) in [7, 11) is 0. The third kappa shape index (κ3) is 4.48. The van der Waals surface area contributed by atoms with Crippen LogP contribution in [0.3, 0.4) is 0 Å². The Morgan fingerprint density at radius 2 is 1.56 bits per heavy atom. The van der Waals surface area contributed by atoms with Crippen LogP contribution in [0.25, 0.3) is 28.5 Å². The van der Waals surface area contributed by atoms with Gasteiger partial charge >= 0.3 is 11.9 Å². The van der Waals surface area contributed by atoms with Crippen molar-refractivity contribution in [1.82, 2.24) is 25.0 Å². The highest BCUT2D eigenvalue weighted by Gasteiger charge is 2.25. The number of amides is 2. The van der Waals surface area contributed by atoms with Crippen LogP contribution in [0.5, 0.6) is 0 Å². The third-order valence-electron chi connectivity index (χ3n) is 4.69. The van der Waals surface area contributed by atoms with Crippen molar-refractivity contribution >= 4 is 23.6 Å². The predicted molar refractivity (Wildman–Crippen MR) is 122 cm³/mol. The van der Waals surface area contributed by atoms with Crippen molar-refractivity contribution in [1.29, 1.82) is 0 Å². The number of hydrogen-bond acceptors (Lipinski definition) is 8. The Bertz CT molecular complexity index is 1350. The fourth-order valence-electron chi connectivity index (χ4n) is 3.15. The van der Waals surface area contributed by atoms with Crippen LogP contribution in [0.4, 0.5) is 5.82 Å². The molecule has 2 amide bonds. The first-order valence-electron chi connectivity index (χ1n) is 10.2. The molecule has 4 aromatic rings. The maximum Gasteiger partial charge on any atom is 0.397 e. The summed E-state index contributed by atoms with van der Waals surface area (Å²) in [5.41, 5.74) is 7.85. The van der Waals surface area contributed by atoms with E-state index in [4.69, 9.17) is 10.5 Å². The van der Waals surface area contributed by atoms with Crippen LogP contribution in [-0.4, -0.2) is 49.4 Å². The van der Waals surface area contributed by atoms with E-state index in [1.807, 2.05) is 60.7 Å². The van der Waals surface area contributed by atoms with E-state index in [2.05, 4.69) is 25.6 Å². The molecule has 0 atom stereocenters. The Labute approximate surface area is 193 Å². The van der Waals surface area contributed by atoms with Crippen molar-refractivity contribution in [2.45, 2.75) is 6.92 Å². The van der Waals surface area contributed by atoms with Crippen LogP contribution in [0, 0.1) is 0 Å². The molecule has 4 rings (SSSR count). The fraction of sp³-hybridized carbons (Fsp3) is 0.0870. The lowest BCUT2D eigenvalue weighted by Gasteiger charge is -2.12. The van der Waals surface area contributed by atoms with Gasteiger partial charge in [0.15, 0.2) is 5.82 Å². The zero-order valence-corrected chi connectivity index (χ0v) is 18.0. The molecular weight excluding hydrogens is 438 g/mol. The number of primary amides is 1. The van der Waals surface area contributed by atoms with Gasteiger partial charge in [-0.2, -0.15) is 9.78 Å². The van der Waals surface area contributed by atoms with Gasteiger partial charge in [-0.1, -0.05) is 60.7 Å². The summed E-state index contributed by atoms with van der Waals surface area (Å²) in [6.07, 6.45) is 1.14. The monoisotopic (exact) mass is 457 g/mol. The van der Waals surface area contributed by atoms with Gasteiger partial charge in [0.25, 0.3) is 11.9 Å². The third-order valence-corrected chi connectivity index (χ3v) is 4.69. The first-order valence-corrected chi connectivity index (χ1v) is 10.2. The van der Waals surface area contributed by atoms with Crippen molar-refractivity contribution in [3.63, 3.8) is 0 Å². The highest BCUT2D eigenvalue weighted by Crippen LogP contribution is 2.29. The molecule has 34 heavy (non-hydrogen) atoms. The quantitative estimate of drug-likeness (QED) is 0.329. The van der Waals surface area contributed by atoms with Crippen LogP contribution in [0.1, 0.15) is 17.3 Å². The van der Waals surface area contributed by atoms with E-state index in [0.717, 1.165) is 22.0 Å². The Hall–Kier alpha value is -4.93. The average molecular weight is 457 g/mol. The lowest BCUT2D eigenvalue weighted by atomic mass is 10.0. The smallest absolute Gasteiger partial charge is 0.397 e. The van der Waals surface area contributed by atoms with Gasteiger partial charge in [-0.25, -0.2) is 9.78 Å². The lowest BCUT2D eigenvalue weighted by Crippen LogP contribution is -2.28. The lowest BCUT2D eigenvalue weighted by molar-refractivity contribution is -0.152. The average Bonchev–Trinajstić information content (AvgIpc) is 3.28. The summed E-state index contributed by atoms with van der Waals surface area (Å²) in [4.78, 5) is 40.6. The second-order valence-electron chi connectivity index (χ2n) is 6.90. The van der Waals surface area contributed by atoms with Crippen molar-refractivity contribution in [3.05, 3.63) is 72.4 Å². The molecule has 3 N–H and O–H groups in total. The molecule has 0 aliphatic heterocycles. The minimum atomic E-state index is -1.13. The number of rotatable bonds is 6. The first kappa shape index (κ1) is 22.3. The second kappa shape index (κ2) is 9.69. The first-order chi connectivity index (χ1) is 16.5. The molecule has 2 heterocycles. The predicted octanol–water partition coefficient (Wildman–Crippen LogP) is 1.99. The van der Waals surface area contributed by atoms with Gasteiger partial charge in [-0.15, -0.1) is 10.2 Å². The van der Waals surface area contributed by atoms with E-state index in [0.29, 0.717) is 11.4 Å². The van der Waals surface area contributed by atoms with Crippen LogP contribution in [0.15, 0.2) is 66.9 Å². The van der Waals surface area contributed by atoms with Gasteiger partial charge in [0.2, 0.25) is 0 Å². The molecule has 0 spiro atoms. The fourth-order valence-corrected chi connectivity index (χ4v) is 3.15. The van der Waals surface area contributed by atoms with Crippen molar-refractivity contribution in [2.24, 2.45) is 5.73 Å². The zero-order chi connectivity index (χ0) is 24.1. The van der Waals surface area contributed by atoms with Gasteiger partial charge in [-0.3, -0.25) is 14.9 Å². The molecule has 0 unspecified atom stereocenters. The molecule has 2 aromatic carbocycles. The molecule has 11 heteroatoms. The van der Waals surface area contributed by atoms with E-state index < -0.39 is 17.8 Å². The van der Waals surface area contributed by atoms with Crippen LogP contribution >= 0.6 is 0 Å². The number of nitrogens with zero attached hydrogens (tertiary/aromatic N) is 5. The molecule has 0 saturated heterocycles. The number of carbonyl (C=O) groups excluding carboxylic acids is 3. The molecule has 0 saturated carbocycles. The molecule has 170 valence electrons. The summed E-state index contributed by atoms with van der Waals surface area (Å²) in [6, 6.07) is 18.7. The van der Waals surface area contributed by atoms with Crippen molar-refractivity contribution in [2.75, 3.05) is 11.9 Å². The van der Waals surface area contributed by atoms with E-state index >= 15 is 0 Å². The Kier molecular flexibility index (Phi) is 6.35. The summed E-state index contributed by atoms with van der Waals surface area (Å²) in [5, 5.41) is 14.9. The summed E-state index contributed by atoms with van der Waals surface area (Å²) in [5.74, 6) is -3.34. The minimum absolute atomic E-state index is 0.00259. The van der Waals surface area contributed by atoms with E-state index in [-0.39, 0.29) is 23.9 Å². The molecule has 0 aliphatic rings. The number of anilines is 1. The summed E-state index contributed by atoms with van der Waals surface area (Å²) in [6.45, 7) is 1.56. The molecule has 11 nitrogen and oxygen atoms in total. The van der Waals surface area contributed by atoms with Crippen LogP contribution in [0.2, 0.25) is 0 Å². The second-order valence-corrected chi connectivity index (χ2v) is 6.90. The molecule has 0 radical (unpaired) electrons. The number of hydrogen-bond donors (Lipinski definition) is 2. The van der Waals surface area contributed by atoms with E-state index in [1.165, 1.54) is 0 Å². The number of ether oxygens (including phenoxy) is 1. The van der Waals surface area contributed by atoms with Crippen LogP contribution in [-0.2, 0) is 14.3 Å². The van der Waals surface area contributed by atoms with Crippen molar-refractivity contribution in [3.8, 4) is 28.5 Å². The minimum Gasteiger partial charge on any atom is -0.459 e. The largest absolute Gasteiger partial charge is 0.459 e. The van der Waals surface area contributed by atoms with Gasteiger partial charge in [0.1, 0.15) is 17.0 Å². The topological polar surface area (TPSA) is 155 Å². The molecule has 0 fully saturated rings. The number of aromatic nitrogens is 5. The summed E-state index contributed by atoms with van der Waals surface area (Å²) < 4.78 is 5.77. The number of carbonyl (C=O) groups is 3. The Morgan fingerprint density at radius 1 is 0.941 bits per heavy atom. The highest BCUT2D eigenvalue weighted by atomic mass is 16.5. The van der Waals surface area contributed by atoms with Gasteiger partial charge in [0, 0.05) is 11.1 Å². The highest BCUT2D eigenvalue weighted by molar-refractivity contribution is 6.37. The number of benzene rings is 2. The van der Waals surface area contributed by atoms with Gasteiger partial charge < -0.3 is 10.5 Å².